The van der Waals surface area contributed by atoms with Crippen molar-refractivity contribution in [1.29, 1.82) is 0 Å². The molecule has 0 spiro atoms. The normalized spacial score (nSPS) is 12.6. The van der Waals surface area contributed by atoms with E-state index < -0.39 is 10.0 Å². The molecular weight excluding hydrogens is 234 g/mol. The van der Waals surface area contributed by atoms with Crippen molar-refractivity contribution in [1.82, 2.24) is 0 Å². The summed E-state index contributed by atoms with van der Waals surface area (Å²) in [7, 11) is -1.63. The molecule has 0 bridgehead atoms. The standard InChI is InChI=1S/C13H21NO2S/c1-10-8-7-9-11(12(10)13(2,3)4)14(5)17(6,15)16/h7-9H,1-6H3. The van der Waals surface area contributed by atoms with Crippen LogP contribution in [0.5, 0.6) is 0 Å². The van der Waals surface area contributed by atoms with Crippen molar-refractivity contribution in [3.63, 3.8) is 0 Å². The Kier molecular flexibility index (Phi) is 3.58. The molecule has 0 aliphatic rings. The predicted octanol–water partition coefficient (Wildman–Crippen LogP) is 2.69. The Labute approximate surface area is 105 Å². The van der Waals surface area contributed by atoms with E-state index in [1.54, 1.807) is 7.05 Å². The van der Waals surface area contributed by atoms with Crippen LogP contribution in [0, 0.1) is 6.92 Å². The summed E-state index contributed by atoms with van der Waals surface area (Å²) in [6, 6.07) is 5.76. The van der Waals surface area contributed by atoms with Gasteiger partial charge in [0, 0.05) is 7.05 Å². The molecule has 0 radical (unpaired) electrons. The third kappa shape index (κ3) is 3.00. The summed E-state index contributed by atoms with van der Waals surface area (Å²) >= 11 is 0. The van der Waals surface area contributed by atoms with Crippen molar-refractivity contribution in [2.75, 3.05) is 17.6 Å². The maximum absolute atomic E-state index is 11.6. The average molecular weight is 255 g/mol. The third-order valence-electron chi connectivity index (χ3n) is 2.84. The molecule has 96 valence electrons. The van der Waals surface area contributed by atoms with Crippen LogP contribution in [0.15, 0.2) is 18.2 Å². The summed E-state index contributed by atoms with van der Waals surface area (Å²) in [4.78, 5) is 0. The SMILES string of the molecule is Cc1cccc(N(C)S(C)(=O)=O)c1C(C)(C)C. The minimum absolute atomic E-state index is 0.0837. The lowest BCUT2D eigenvalue weighted by Gasteiger charge is -2.29. The van der Waals surface area contributed by atoms with E-state index in [9.17, 15) is 8.42 Å². The molecule has 0 aromatic heterocycles. The molecule has 4 heteroatoms. The molecule has 0 saturated carbocycles. The molecule has 0 fully saturated rings. The Morgan fingerprint density at radius 2 is 1.71 bits per heavy atom. The number of nitrogens with zero attached hydrogens (tertiary/aromatic N) is 1. The van der Waals surface area contributed by atoms with E-state index in [2.05, 4.69) is 20.8 Å². The van der Waals surface area contributed by atoms with Crippen LogP contribution < -0.4 is 4.31 Å². The number of hydrogen-bond acceptors (Lipinski definition) is 2. The molecule has 1 aromatic carbocycles. The van der Waals surface area contributed by atoms with Crippen LogP contribution in [0.25, 0.3) is 0 Å². The summed E-state index contributed by atoms with van der Waals surface area (Å²) in [6.45, 7) is 8.29. The second kappa shape index (κ2) is 4.33. The van der Waals surface area contributed by atoms with Crippen LogP contribution in [0.2, 0.25) is 0 Å². The average Bonchev–Trinajstić information content (AvgIpc) is 2.12. The van der Waals surface area contributed by atoms with E-state index in [0.29, 0.717) is 0 Å². The van der Waals surface area contributed by atoms with E-state index in [-0.39, 0.29) is 5.41 Å². The van der Waals surface area contributed by atoms with Crippen LogP contribution in [0.1, 0.15) is 31.9 Å². The largest absolute Gasteiger partial charge is 0.273 e. The van der Waals surface area contributed by atoms with Crippen molar-refractivity contribution in [2.45, 2.75) is 33.1 Å². The van der Waals surface area contributed by atoms with Gasteiger partial charge in [-0.15, -0.1) is 0 Å². The van der Waals surface area contributed by atoms with Gasteiger partial charge in [-0.2, -0.15) is 0 Å². The molecule has 1 rings (SSSR count). The lowest BCUT2D eigenvalue weighted by Crippen LogP contribution is -2.28. The minimum Gasteiger partial charge on any atom is -0.273 e. The number of anilines is 1. The second-order valence-corrected chi connectivity index (χ2v) is 7.46. The van der Waals surface area contributed by atoms with E-state index in [1.165, 1.54) is 10.6 Å². The molecule has 0 heterocycles. The highest BCUT2D eigenvalue weighted by molar-refractivity contribution is 7.92. The quantitative estimate of drug-likeness (QED) is 0.815. The van der Waals surface area contributed by atoms with Crippen LogP contribution in [0.4, 0.5) is 5.69 Å². The van der Waals surface area contributed by atoms with Gasteiger partial charge in [-0.25, -0.2) is 8.42 Å². The lowest BCUT2D eigenvalue weighted by atomic mass is 9.83. The van der Waals surface area contributed by atoms with Crippen molar-refractivity contribution >= 4 is 15.7 Å². The van der Waals surface area contributed by atoms with E-state index in [0.717, 1.165) is 16.8 Å². The molecule has 0 atom stereocenters. The minimum atomic E-state index is -3.22. The van der Waals surface area contributed by atoms with E-state index in [4.69, 9.17) is 0 Å². The van der Waals surface area contributed by atoms with Crippen molar-refractivity contribution in [3.8, 4) is 0 Å². The molecule has 0 amide bonds. The van der Waals surface area contributed by atoms with Gasteiger partial charge in [0.15, 0.2) is 0 Å². The maximum atomic E-state index is 11.6. The van der Waals surface area contributed by atoms with E-state index >= 15 is 0 Å². The lowest BCUT2D eigenvalue weighted by molar-refractivity contribution is 0.583. The smallest absolute Gasteiger partial charge is 0.232 e. The molecule has 0 N–H and O–H groups in total. The zero-order chi connectivity index (χ0) is 13.4. The monoisotopic (exact) mass is 255 g/mol. The van der Waals surface area contributed by atoms with Crippen molar-refractivity contribution in [3.05, 3.63) is 29.3 Å². The van der Waals surface area contributed by atoms with Gasteiger partial charge < -0.3 is 0 Å². The van der Waals surface area contributed by atoms with Crippen LogP contribution >= 0.6 is 0 Å². The van der Waals surface area contributed by atoms with Gasteiger partial charge in [0.05, 0.1) is 11.9 Å². The van der Waals surface area contributed by atoms with Crippen LogP contribution in [-0.2, 0) is 15.4 Å². The summed E-state index contributed by atoms with van der Waals surface area (Å²) in [5, 5.41) is 0. The highest BCUT2D eigenvalue weighted by Gasteiger charge is 2.24. The van der Waals surface area contributed by atoms with Gasteiger partial charge in [0.1, 0.15) is 0 Å². The van der Waals surface area contributed by atoms with Crippen molar-refractivity contribution < 1.29 is 8.42 Å². The third-order valence-corrected chi connectivity index (χ3v) is 4.03. The van der Waals surface area contributed by atoms with Gasteiger partial charge >= 0.3 is 0 Å². The van der Waals surface area contributed by atoms with Gasteiger partial charge in [-0.3, -0.25) is 4.31 Å². The Bertz CT molecular complexity index is 513. The topological polar surface area (TPSA) is 37.4 Å². The van der Waals surface area contributed by atoms with Gasteiger partial charge in [0.25, 0.3) is 0 Å². The second-order valence-electron chi connectivity index (χ2n) is 5.45. The summed E-state index contributed by atoms with van der Waals surface area (Å²) in [6.07, 6.45) is 1.22. The first-order valence-electron chi connectivity index (χ1n) is 5.59. The Balaban J connectivity index is 3.51. The van der Waals surface area contributed by atoms with Gasteiger partial charge in [-0.05, 0) is 29.5 Å². The van der Waals surface area contributed by atoms with Gasteiger partial charge in [-0.1, -0.05) is 32.9 Å². The fourth-order valence-corrected chi connectivity index (χ4v) is 2.58. The number of rotatable bonds is 2. The fourth-order valence-electron chi connectivity index (χ4n) is 2.07. The van der Waals surface area contributed by atoms with Crippen LogP contribution in [-0.4, -0.2) is 21.7 Å². The number of sulfonamides is 1. The van der Waals surface area contributed by atoms with E-state index in [1.807, 2.05) is 25.1 Å². The molecule has 0 aliphatic carbocycles. The molecular formula is C13H21NO2S. The fraction of sp³-hybridized carbons (Fsp3) is 0.538. The Morgan fingerprint density at radius 1 is 1.18 bits per heavy atom. The first kappa shape index (κ1) is 14.0. The molecule has 0 unspecified atom stereocenters. The first-order valence-corrected chi connectivity index (χ1v) is 7.44. The summed E-state index contributed by atoms with van der Waals surface area (Å²) in [5.74, 6) is 0. The molecule has 0 saturated heterocycles. The number of benzene rings is 1. The predicted molar refractivity (Wildman–Crippen MR) is 73.1 cm³/mol. The Morgan fingerprint density at radius 3 is 2.12 bits per heavy atom. The highest BCUT2D eigenvalue weighted by atomic mass is 32.2. The van der Waals surface area contributed by atoms with Crippen molar-refractivity contribution in [2.24, 2.45) is 0 Å². The van der Waals surface area contributed by atoms with Crippen LogP contribution in [0.3, 0.4) is 0 Å². The molecule has 1 aromatic rings. The highest BCUT2D eigenvalue weighted by Crippen LogP contribution is 2.34. The zero-order valence-electron chi connectivity index (χ0n) is 11.4. The molecule has 17 heavy (non-hydrogen) atoms. The Hall–Kier alpha value is -1.03. The molecule has 0 aliphatic heterocycles. The molecule has 3 nitrogen and oxygen atoms in total. The summed E-state index contributed by atoms with van der Waals surface area (Å²) < 4.78 is 24.6. The zero-order valence-corrected chi connectivity index (χ0v) is 12.2. The summed E-state index contributed by atoms with van der Waals surface area (Å²) in [5.41, 5.74) is 2.87. The number of hydrogen-bond donors (Lipinski definition) is 0. The number of aryl methyl sites for hydroxylation is 1. The first-order chi connectivity index (χ1) is 7.55. The van der Waals surface area contributed by atoms with Gasteiger partial charge in [0.2, 0.25) is 10.0 Å². The maximum Gasteiger partial charge on any atom is 0.232 e.